The molecule has 1 aromatic carbocycles. The molecule has 0 atom stereocenters. The third-order valence-electron chi connectivity index (χ3n) is 2.83. The van der Waals surface area contributed by atoms with Crippen molar-refractivity contribution in [2.45, 2.75) is 11.7 Å². The van der Waals surface area contributed by atoms with Crippen molar-refractivity contribution in [3.8, 4) is 11.6 Å². The second kappa shape index (κ2) is 6.54. The van der Waals surface area contributed by atoms with Gasteiger partial charge in [0, 0.05) is 12.7 Å². The molecule has 0 aliphatic rings. The number of anilines is 1. The summed E-state index contributed by atoms with van der Waals surface area (Å²) in [5.41, 5.74) is -7.30. The molecule has 0 saturated carbocycles. The second-order valence-electron chi connectivity index (χ2n) is 4.77. The van der Waals surface area contributed by atoms with E-state index >= 15 is 0 Å². The quantitative estimate of drug-likeness (QED) is 0.750. The van der Waals surface area contributed by atoms with Crippen molar-refractivity contribution < 1.29 is 39.5 Å². The van der Waals surface area contributed by atoms with Crippen LogP contribution in [-0.2, 0) is 23.2 Å². The molecule has 0 unspecified atom stereocenters. The summed E-state index contributed by atoms with van der Waals surface area (Å²) in [4.78, 5) is 0. The topological polar surface area (TPSA) is 73.2 Å². The lowest BCUT2D eigenvalue weighted by molar-refractivity contribution is -0.141. The predicted molar refractivity (Wildman–Crippen MR) is 78.3 cm³/mol. The molecule has 144 valence electrons. The van der Waals surface area contributed by atoms with E-state index < -0.39 is 44.0 Å². The number of ether oxygens (including phenoxy) is 1. The molecule has 2 rings (SSSR count). The molecule has 0 aliphatic heterocycles. The number of aryl methyl sites for hydroxylation is 1. The molecule has 0 fully saturated rings. The first-order valence-corrected chi connectivity index (χ1v) is 8.25. The fourth-order valence-corrected chi connectivity index (χ4v) is 2.56. The molecule has 26 heavy (non-hydrogen) atoms. The van der Waals surface area contributed by atoms with E-state index in [0.717, 1.165) is 36.0 Å². The lowest BCUT2D eigenvalue weighted by atomic mass is 10.3. The molecule has 0 aliphatic carbocycles. The van der Waals surface area contributed by atoms with Crippen molar-refractivity contribution in [1.82, 2.24) is 9.78 Å². The fourth-order valence-electron chi connectivity index (χ4n) is 1.69. The summed E-state index contributed by atoms with van der Waals surface area (Å²) in [5.74, 6) is -0.568. The van der Waals surface area contributed by atoms with Crippen LogP contribution in [0, 0.1) is 0 Å². The number of nitrogens with one attached hydrogen (secondary N) is 1. The summed E-state index contributed by atoms with van der Waals surface area (Å²) in [5, 5.41) is 2.38. The number of alkyl halides is 6. The zero-order chi connectivity index (χ0) is 19.9. The highest BCUT2D eigenvalue weighted by atomic mass is 35.5. The zero-order valence-corrected chi connectivity index (χ0v) is 14.1. The van der Waals surface area contributed by atoms with Gasteiger partial charge in [0.15, 0.2) is 5.69 Å². The summed E-state index contributed by atoms with van der Waals surface area (Å²) in [7, 11) is -4.46. The smallest absolute Gasteiger partial charge is 0.438 e. The maximum Gasteiger partial charge on any atom is 0.516 e. The van der Waals surface area contributed by atoms with Gasteiger partial charge >= 0.3 is 21.7 Å². The number of hydrogen-bond donors (Lipinski definition) is 1. The van der Waals surface area contributed by atoms with Crippen LogP contribution < -0.4 is 9.46 Å². The SMILES string of the molecule is Cn1nc(C(F)(F)F)c(Cl)c1Oc1ccc(NS(=O)(=O)C(F)(F)F)cc1. The molecule has 0 saturated heterocycles. The minimum Gasteiger partial charge on any atom is -0.438 e. The Hall–Kier alpha value is -2.15. The largest absolute Gasteiger partial charge is 0.516 e. The van der Waals surface area contributed by atoms with E-state index in [9.17, 15) is 34.8 Å². The molecule has 1 N–H and O–H groups in total. The first kappa shape index (κ1) is 20.2. The fraction of sp³-hybridized carbons (Fsp3) is 0.250. The molecule has 0 bridgehead atoms. The minimum atomic E-state index is -5.60. The second-order valence-corrected chi connectivity index (χ2v) is 6.82. The molecule has 0 amide bonds. The Bertz CT molecular complexity index is 906. The van der Waals surface area contributed by atoms with Gasteiger partial charge in [-0.2, -0.15) is 39.9 Å². The first-order chi connectivity index (χ1) is 11.7. The van der Waals surface area contributed by atoms with Crippen molar-refractivity contribution in [3.05, 3.63) is 35.0 Å². The summed E-state index contributed by atoms with van der Waals surface area (Å²) >= 11 is 5.59. The van der Waals surface area contributed by atoms with Gasteiger partial charge in [0.2, 0.25) is 5.88 Å². The standard InChI is InChI=1S/C12H8ClF6N3O3S/c1-22-10(8(13)9(20-22)11(14,15)16)25-7-4-2-6(3-5-7)21-26(23,24)12(17,18)19/h2-5,21H,1H3. The van der Waals surface area contributed by atoms with Gasteiger partial charge in [0.1, 0.15) is 10.8 Å². The van der Waals surface area contributed by atoms with E-state index in [4.69, 9.17) is 16.3 Å². The molecular formula is C12H8ClF6N3O3S. The molecule has 1 aromatic heterocycles. The summed E-state index contributed by atoms with van der Waals surface area (Å²) < 4.78 is 104. The van der Waals surface area contributed by atoms with E-state index in [1.807, 2.05) is 0 Å². The molecule has 6 nitrogen and oxygen atoms in total. The van der Waals surface area contributed by atoms with Gasteiger partial charge in [-0.3, -0.25) is 4.72 Å². The third kappa shape index (κ3) is 4.15. The maximum absolute atomic E-state index is 12.7. The number of nitrogens with zero attached hydrogens (tertiary/aromatic N) is 2. The van der Waals surface area contributed by atoms with Crippen LogP contribution in [0.5, 0.6) is 11.6 Å². The highest BCUT2D eigenvalue weighted by molar-refractivity contribution is 7.93. The Morgan fingerprint density at radius 2 is 1.65 bits per heavy atom. The lowest BCUT2D eigenvalue weighted by Crippen LogP contribution is -2.29. The summed E-state index contributed by atoms with van der Waals surface area (Å²) in [6.07, 6.45) is -4.81. The van der Waals surface area contributed by atoms with E-state index in [2.05, 4.69) is 5.10 Å². The number of sulfonamides is 1. The molecule has 2 aromatic rings. The Kier molecular flexibility index (Phi) is 5.07. The van der Waals surface area contributed by atoms with Gasteiger partial charge in [0.25, 0.3) is 0 Å². The Balaban J connectivity index is 2.22. The number of halogens is 7. The Morgan fingerprint density at radius 1 is 1.12 bits per heavy atom. The van der Waals surface area contributed by atoms with Crippen molar-refractivity contribution in [2.75, 3.05) is 4.72 Å². The van der Waals surface area contributed by atoms with Gasteiger partial charge < -0.3 is 4.74 Å². The van der Waals surface area contributed by atoms with Gasteiger partial charge in [-0.15, -0.1) is 0 Å². The minimum absolute atomic E-state index is 0.112. The Labute approximate surface area is 147 Å². The predicted octanol–water partition coefficient (Wildman–Crippen LogP) is 4.15. The van der Waals surface area contributed by atoms with Crippen LogP contribution in [-0.4, -0.2) is 23.7 Å². The number of rotatable bonds is 4. The maximum atomic E-state index is 12.7. The van der Waals surface area contributed by atoms with Crippen molar-refractivity contribution >= 4 is 27.3 Å². The van der Waals surface area contributed by atoms with Gasteiger partial charge in [-0.05, 0) is 24.3 Å². The molecule has 0 radical (unpaired) electrons. The van der Waals surface area contributed by atoms with Crippen LogP contribution in [0.4, 0.5) is 32.0 Å². The van der Waals surface area contributed by atoms with Gasteiger partial charge in [-0.1, -0.05) is 11.6 Å². The monoisotopic (exact) mass is 423 g/mol. The number of benzene rings is 1. The van der Waals surface area contributed by atoms with E-state index in [1.165, 1.54) is 4.72 Å². The first-order valence-electron chi connectivity index (χ1n) is 6.39. The number of hydrogen-bond acceptors (Lipinski definition) is 4. The highest BCUT2D eigenvalue weighted by Crippen LogP contribution is 2.40. The normalized spacial score (nSPS) is 12.9. The lowest BCUT2D eigenvalue weighted by Gasteiger charge is -2.11. The van der Waals surface area contributed by atoms with Crippen molar-refractivity contribution in [1.29, 1.82) is 0 Å². The van der Waals surface area contributed by atoms with E-state index in [0.29, 0.717) is 0 Å². The van der Waals surface area contributed by atoms with Crippen LogP contribution >= 0.6 is 11.6 Å². The van der Waals surface area contributed by atoms with Crippen LogP contribution in [0.1, 0.15) is 5.69 Å². The highest BCUT2D eigenvalue weighted by Gasteiger charge is 2.46. The van der Waals surface area contributed by atoms with Crippen LogP contribution in [0.15, 0.2) is 24.3 Å². The molecule has 0 spiro atoms. The average molecular weight is 424 g/mol. The third-order valence-corrected chi connectivity index (χ3v) is 4.29. The Morgan fingerprint density at radius 3 is 2.08 bits per heavy atom. The van der Waals surface area contributed by atoms with E-state index in [-0.39, 0.29) is 5.75 Å². The zero-order valence-electron chi connectivity index (χ0n) is 12.5. The summed E-state index contributed by atoms with van der Waals surface area (Å²) in [6, 6.07) is 3.91. The van der Waals surface area contributed by atoms with Crippen LogP contribution in [0.2, 0.25) is 5.02 Å². The van der Waals surface area contributed by atoms with Crippen LogP contribution in [0.25, 0.3) is 0 Å². The molecule has 1 heterocycles. The van der Waals surface area contributed by atoms with Gasteiger partial charge in [0.05, 0.1) is 0 Å². The van der Waals surface area contributed by atoms with Crippen LogP contribution in [0.3, 0.4) is 0 Å². The van der Waals surface area contributed by atoms with Crippen molar-refractivity contribution in [2.24, 2.45) is 7.05 Å². The number of aromatic nitrogens is 2. The van der Waals surface area contributed by atoms with Gasteiger partial charge in [-0.25, -0.2) is 4.68 Å². The summed E-state index contributed by atoms with van der Waals surface area (Å²) in [6.45, 7) is 0. The average Bonchev–Trinajstić information content (AvgIpc) is 2.76. The van der Waals surface area contributed by atoms with E-state index in [1.54, 1.807) is 0 Å². The molecule has 14 heteroatoms. The molecular weight excluding hydrogens is 416 g/mol. The van der Waals surface area contributed by atoms with Crippen molar-refractivity contribution in [3.63, 3.8) is 0 Å².